The number of hydrogen-bond donors (Lipinski definition) is 1. The summed E-state index contributed by atoms with van der Waals surface area (Å²) in [5.41, 5.74) is 7.62. The van der Waals surface area contributed by atoms with Crippen LogP contribution < -0.4 is 5.43 Å². The largest absolute Gasteiger partial charge is 0.272 e. The van der Waals surface area contributed by atoms with Crippen LogP contribution in [0.1, 0.15) is 27.8 Å². The van der Waals surface area contributed by atoms with E-state index in [1.54, 1.807) is 18.3 Å². The Balaban J connectivity index is 2.01. The van der Waals surface area contributed by atoms with Crippen LogP contribution in [0, 0.1) is 27.7 Å². The molecule has 0 radical (unpaired) electrons. The zero-order valence-corrected chi connectivity index (χ0v) is 17.1. The highest BCUT2D eigenvalue weighted by molar-refractivity contribution is 7.89. The minimum absolute atomic E-state index is 0.151. The molecule has 27 heavy (non-hydrogen) atoms. The molecule has 7 heteroatoms. The van der Waals surface area contributed by atoms with Crippen LogP contribution in [0.25, 0.3) is 0 Å². The number of nitrogens with zero attached hydrogens (tertiary/aromatic N) is 2. The van der Waals surface area contributed by atoms with Crippen LogP contribution >= 0.6 is 0 Å². The summed E-state index contributed by atoms with van der Waals surface area (Å²) >= 11 is 0. The fourth-order valence-electron chi connectivity index (χ4n) is 2.51. The van der Waals surface area contributed by atoms with E-state index in [1.807, 2.05) is 33.8 Å². The van der Waals surface area contributed by atoms with Crippen molar-refractivity contribution in [2.45, 2.75) is 32.6 Å². The van der Waals surface area contributed by atoms with Gasteiger partial charge in [-0.05, 0) is 68.1 Å². The number of rotatable bonds is 6. The maximum Gasteiger partial charge on any atom is 0.255 e. The fourth-order valence-corrected chi connectivity index (χ4v) is 3.64. The van der Waals surface area contributed by atoms with Crippen molar-refractivity contribution in [1.82, 2.24) is 9.73 Å². The number of amides is 1. The number of carbonyl (C=O) groups excluding carboxylic acids is 1. The van der Waals surface area contributed by atoms with Crippen molar-refractivity contribution in [2.75, 3.05) is 13.6 Å². The van der Waals surface area contributed by atoms with Crippen molar-refractivity contribution in [3.63, 3.8) is 0 Å². The van der Waals surface area contributed by atoms with Crippen LogP contribution in [-0.4, -0.2) is 38.4 Å². The number of aryl methyl sites for hydroxylation is 4. The van der Waals surface area contributed by atoms with Gasteiger partial charge in [0.1, 0.15) is 0 Å². The number of nitrogens with one attached hydrogen (secondary N) is 1. The van der Waals surface area contributed by atoms with Crippen LogP contribution in [0.2, 0.25) is 0 Å². The van der Waals surface area contributed by atoms with E-state index in [1.165, 1.54) is 24.7 Å². The standard InChI is InChI=1S/C20H25N3O3S/c1-14-6-8-19(9-7-14)27(25,26)23(5)13-20(24)22-21-12-18-11-16(3)15(2)10-17(18)4/h6-12H,13H2,1-5H3,(H,22,24)/b21-12-. The maximum absolute atomic E-state index is 12.5. The van der Waals surface area contributed by atoms with Gasteiger partial charge in [0.25, 0.3) is 5.91 Å². The molecule has 2 aromatic carbocycles. The number of likely N-dealkylation sites (N-methyl/N-ethyl adjacent to an activating group) is 1. The van der Waals surface area contributed by atoms with Gasteiger partial charge < -0.3 is 0 Å². The van der Waals surface area contributed by atoms with Crippen LogP contribution in [0.15, 0.2) is 46.4 Å². The molecule has 0 aromatic heterocycles. The Kier molecular flexibility index (Phi) is 6.51. The Hall–Kier alpha value is -2.51. The van der Waals surface area contributed by atoms with Gasteiger partial charge in [-0.25, -0.2) is 13.8 Å². The number of sulfonamides is 1. The lowest BCUT2D eigenvalue weighted by molar-refractivity contribution is -0.121. The summed E-state index contributed by atoms with van der Waals surface area (Å²) in [4.78, 5) is 12.2. The highest BCUT2D eigenvalue weighted by atomic mass is 32.2. The second-order valence-electron chi connectivity index (χ2n) is 6.66. The SMILES string of the molecule is Cc1ccc(S(=O)(=O)N(C)CC(=O)N/N=C\c2cc(C)c(C)cc2C)cc1. The Morgan fingerprint density at radius 1 is 1.04 bits per heavy atom. The number of hydrogen-bond acceptors (Lipinski definition) is 4. The fraction of sp³-hybridized carbons (Fsp3) is 0.300. The number of benzene rings is 2. The third-order valence-electron chi connectivity index (χ3n) is 4.37. The van der Waals surface area contributed by atoms with E-state index in [9.17, 15) is 13.2 Å². The van der Waals surface area contributed by atoms with E-state index in [-0.39, 0.29) is 11.4 Å². The van der Waals surface area contributed by atoms with E-state index in [2.05, 4.69) is 16.6 Å². The molecule has 1 amide bonds. The van der Waals surface area contributed by atoms with Gasteiger partial charge in [-0.2, -0.15) is 9.41 Å². The quantitative estimate of drug-likeness (QED) is 0.611. The molecule has 0 heterocycles. The van der Waals surface area contributed by atoms with Gasteiger partial charge in [0, 0.05) is 7.05 Å². The van der Waals surface area contributed by atoms with E-state index in [4.69, 9.17) is 0 Å². The minimum atomic E-state index is -3.72. The first-order valence-corrected chi connectivity index (χ1v) is 9.98. The predicted molar refractivity (Wildman–Crippen MR) is 107 cm³/mol. The van der Waals surface area contributed by atoms with Gasteiger partial charge in [-0.3, -0.25) is 4.79 Å². The average molecular weight is 388 g/mol. The van der Waals surface area contributed by atoms with Crippen molar-refractivity contribution in [2.24, 2.45) is 5.10 Å². The van der Waals surface area contributed by atoms with Crippen LogP contribution in [0.5, 0.6) is 0 Å². The number of hydrazone groups is 1. The third-order valence-corrected chi connectivity index (χ3v) is 6.19. The van der Waals surface area contributed by atoms with E-state index >= 15 is 0 Å². The first kappa shape index (κ1) is 20.8. The first-order valence-electron chi connectivity index (χ1n) is 8.54. The molecule has 0 spiro atoms. The molecule has 0 saturated heterocycles. The summed E-state index contributed by atoms with van der Waals surface area (Å²) in [6, 6.07) is 10.5. The second-order valence-corrected chi connectivity index (χ2v) is 8.71. The molecular weight excluding hydrogens is 362 g/mol. The summed E-state index contributed by atoms with van der Waals surface area (Å²) in [5, 5.41) is 3.95. The lowest BCUT2D eigenvalue weighted by atomic mass is 10.0. The molecule has 0 unspecified atom stereocenters. The molecule has 0 saturated carbocycles. The highest BCUT2D eigenvalue weighted by Gasteiger charge is 2.22. The molecule has 1 N–H and O–H groups in total. The molecule has 0 aliphatic rings. The molecular formula is C20H25N3O3S. The van der Waals surface area contributed by atoms with Gasteiger partial charge in [-0.15, -0.1) is 0 Å². The van der Waals surface area contributed by atoms with Crippen molar-refractivity contribution < 1.29 is 13.2 Å². The molecule has 0 aliphatic carbocycles. The molecule has 144 valence electrons. The monoisotopic (exact) mass is 387 g/mol. The van der Waals surface area contributed by atoms with Crippen molar-refractivity contribution in [3.8, 4) is 0 Å². The zero-order valence-electron chi connectivity index (χ0n) is 16.3. The van der Waals surface area contributed by atoms with Crippen molar-refractivity contribution in [1.29, 1.82) is 0 Å². The van der Waals surface area contributed by atoms with Gasteiger partial charge in [0.2, 0.25) is 10.0 Å². The highest BCUT2D eigenvalue weighted by Crippen LogP contribution is 2.15. The molecule has 2 aromatic rings. The topological polar surface area (TPSA) is 78.8 Å². The Labute approximate surface area is 161 Å². The molecule has 0 atom stereocenters. The Morgan fingerprint density at radius 3 is 2.26 bits per heavy atom. The minimum Gasteiger partial charge on any atom is -0.272 e. The van der Waals surface area contributed by atoms with E-state index in [0.29, 0.717) is 0 Å². The van der Waals surface area contributed by atoms with Crippen LogP contribution in [0.3, 0.4) is 0 Å². The molecule has 2 rings (SSSR count). The summed E-state index contributed by atoms with van der Waals surface area (Å²) in [6.07, 6.45) is 1.56. The molecule has 0 aliphatic heterocycles. The normalized spacial score (nSPS) is 11.9. The second kappa shape index (κ2) is 8.45. The summed E-state index contributed by atoms with van der Waals surface area (Å²) < 4.78 is 26.0. The smallest absolute Gasteiger partial charge is 0.255 e. The number of carbonyl (C=O) groups is 1. The lowest BCUT2D eigenvalue weighted by Gasteiger charge is -2.16. The Morgan fingerprint density at radius 2 is 1.63 bits per heavy atom. The maximum atomic E-state index is 12.5. The predicted octanol–water partition coefficient (Wildman–Crippen LogP) is 2.69. The molecule has 6 nitrogen and oxygen atoms in total. The summed E-state index contributed by atoms with van der Waals surface area (Å²) in [5.74, 6) is -0.508. The third kappa shape index (κ3) is 5.24. The van der Waals surface area contributed by atoms with Gasteiger partial charge in [-0.1, -0.05) is 23.8 Å². The Bertz CT molecular complexity index is 965. The van der Waals surface area contributed by atoms with E-state index in [0.717, 1.165) is 26.6 Å². The van der Waals surface area contributed by atoms with Crippen molar-refractivity contribution in [3.05, 3.63) is 64.2 Å². The zero-order chi connectivity index (χ0) is 20.2. The van der Waals surface area contributed by atoms with E-state index < -0.39 is 15.9 Å². The van der Waals surface area contributed by atoms with Crippen LogP contribution in [0.4, 0.5) is 0 Å². The lowest BCUT2D eigenvalue weighted by Crippen LogP contribution is -2.36. The van der Waals surface area contributed by atoms with Gasteiger partial charge >= 0.3 is 0 Å². The first-order chi connectivity index (χ1) is 12.6. The summed E-state index contributed by atoms with van der Waals surface area (Å²) in [7, 11) is -2.36. The van der Waals surface area contributed by atoms with Crippen molar-refractivity contribution >= 4 is 22.1 Å². The van der Waals surface area contributed by atoms with Crippen LogP contribution in [-0.2, 0) is 14.8 Å². The molecule has 0 bridgehead atoms. The summed E-state index contributed by atoms with van der Waals surface area (Å²) in [6.45, 7) is 7.57. The van der Waals surface area contributed by atoms with Gasteiger partial charge in [0.05, 0.1) is 17.7 Å². The molecule has 0 fully saturated rings. The van der Waals surface area contributed by atoms with Gasteiger partial charge in [0.15, 0.2) is 0 Å². The average Bonchev–Trinajstić information content (AvgIpc) is 2.59.